The van der Waals surface area contributed by atoms with Gasteiger partial charge in [-0.3, -0.25) is 4.90 Å². The molecule has 0 amide bonds. The van der Waals surface area contributed by atoms with Crippen molar-refractivity contribution in [2.75, 3.05) is 24.5 Å². The van der Waals surface area contributed by atoms with Crippen LogP contribution in [0.1, 0.15) is 18.1 Å². The molecule has 0 aliphatic carbocycles. The zero-order valence-corrected chi connectivity index (χ0v) is 14.1. The normalized spacial score (nSPS) is 19.4. The molecule has 0 saturated carbocycles. The second-order valence-electron chi connectivity index (χ2n) is 6.24. The third-order valence-electron chi connectivity index (χ3n) is 4.40. The molecule has 1 heterocycles. The van der Waals surface area contributed by atoms with Gasteiger partial charge in [0.05, 0.1) is 0 Å². The lowest BCUT2D eigenvalue weighted by Crippen LogP contribution is -2.51. The van der Waals surface area contributed by atoms with Gasteiger partial charge in [0.15, 0.2) is 0 Å². The number of hydrogen-bond acceptors (Lipinski definition) is 2. The van der Waals surface area contributed by atoms with E-state index in [1.807, 2.05) is 12.1 Å². The Morgan fingerprint density at radius 2 is 1.68 bits per heavy atom. The zero-order chi connectivity index (χ0) is 15.5. The van der Waals surface area contributed by atoms with Gasteiger partial charge in [-0.15, -0.1) is 0 Å². The molecule has 116 valence electrons. The second-order valence-corrected chi connectivity index (χ2v) is 6.68. The molecule has 2 nitrogen and oxygen atoms in total. The Kier molecular flexibility index (Phi) is 4.70. The van der Waals surface area contributed by atoms with Crippen LogP contribution < -0.4 is 4.90 Å². The fraction of sp³-hybridized carbons (Fsp3) is 0.368. The smallest absolute Gasteiger partial charge is 0.0406 e. The summed E-state index contributed by atoms with van der Waals surface area (Å²) >= 11 is 5.96. The maximum Gasteiger partial charge on any atom is 0.0406 e. The molecule has 1 unspecified atom stereocenters. The van der Waals surface area contributed by atoms with Crippen LogP contribution in [0.15, 0.2) is 48.5 Å². The van der Waals surface area contributed by atoms with Crippen molar-refractivity contribution in [1.82, 2.24) is 4.90 Å². The first-order valence-corrected chi connectivity index (χ1v) is 8.30. The van der Waals surface area contributed by atoms with Crippen molar-refractivity contribution < 1.29 is 0 Å². The van der Waals surface area contributed by atoms with E-state index in [0.29, 0.717) is 6.04 Å². The number of rotatable bonds is 3. The summed E-state index contributed by atoms with van der Waals surface area (Å²) in [6, 6.07) is 17.6. The van der Waals surface area contributed by atoms with Crippen molar-refractivity contribution in [3.8, 4) is 0 Å². The summed E-state index contributed by atoms with van der Waals surface area (Å²) in [6.45, 7) is 8.73. The number of nitrogens with zero attached hydrogens (tertiary/aromatic N) is 2. The van der Waals surface area contributed by atoms with E-state index in [1.165, 1.54) is 16.8 Å². The Morgan fingerprint density at radius 1 is 1.00 bits per heavy atom. The molecule has 3 rings (SSSR count). The van der Waals surface area contributed by atoms with Gasteiger partial charge in [-0.25, -0.2) is 0 Å². The summed E-state index contributed by atoms with van der Waals surface area (Å²) in [7, 11) is 0. The molecule has 1 aliphatic rings. The molecule has 1 atom stereocenters. The number of aryl methyl sites for hydroxylation is 1. The maximum atomic E-state index is 5.96. The Labute approximate surface area is 138 Å². The van der Waals surface area contributed by atoms with Crippen LogP contribution in [0.25, 0.3) is 0 Å². The third kappa shape index (κ3) is 3.63. The van der Waals surface area contributed by atoms with E-state index in [1.54, 1.807) is 0 Å². The number of anilines is 1. The Balaban J connectivity index is 1.62. The molecule has 1 aliphatic heterocycles. The molecular formula is C19H23ClN2. The third-order valence-corrected chi connectivity index (χ3v) is 4.65. The Bertz CT molecular complexity index is 606. The number of halogens is 1. The number of benzene rings is 2. The van der Waals surface area contributed by atoms with Gasteiger partial charge < -0.3 is 4.90 Å². The Hall–Kier alpha value is -1.51. The number of hydrogen-bond donors (Lipinski definition) is 0. The van der Waals surface area contributed by atoms with Crippen LogP contribution in [0, 0.1) is 6.92 Å². The van der Waals surface area contributed by atoms with Crippen molar-refractivity contribution >= 4 is 17.3 Å². The van der Waals surface area contributed by atoms with Gasteiger partial charge in [0.2, 0.25) is 0 Å². The van der Waals surface area contributed by atoms with Crippen LogP contribution in [0.5, 0.6) is 0 Å². The zero-order valence-electron chi connectivity index (χ0n) is 13.3. The minimum absolute atomic E-state index is 0.531. The van der Waals surface area contributed by atoms with Crippen LogP contribution in [0.3, 0.4) is 0 Å². The van der Waals surface area contributed by atoms with Gasteiger partial charge in [0.25, 0.3) is 0 Å². The minimum Gasteiger partial charge on any atom is -0.366 e. The highest BCUT2D eigenvalue weighted by Gasteiger charge is 2.23. The van der Waals surface area contributed by atoms with Gasteiger partial charge in [0.1, 0.15) is 0 Å². The van der Waals surface area contributed by atoms with Crippen LogP contribution >= 0.6 is 11.6 Å². The van der Waals surface area contributed by atoms with E-state index < -0.39 is 0 Å². The average Bonchev–Trinajstić information content (AvgIpc) is 2.51. The summed E-state index contributed by atoms with van der Waals surface area (Å²) < 4.78 is 0. The monoisotopic (exact) mass is 314 g/mol. The quantitative estimate of drug-likeness (QED) is 0.830. The average molecular weight is 315 g/mol. The van der Waals surface area contributed by atoms with Crippen LogP contribution in [-0.4, -0.2) is 30.6 Å². The van der Waals surface area contributed by atoms with Crippen molar-refractivity contribution in [3.63, 3.8) is 0 Å². The topological polar surface area (TPSA) is 6.48 Å². The Morgan fingerprint density at radius 3 is 2.32 bits per heavy atom. The summed E-state index contributed by atoms with van der Waals surface area (Å²) in [6.07, 6.45) is 0. The molecule has 0 bridgehead atoms. The highest BCUT2D eigenvalue weighted by atomic mass is 35.5. The first kappa shape index (κ1) is 15.4. The standard InChI is InChI=1S/C19H23ClN2/c1-15-3-9-19(10-4-15)22-12-11-21(13-16(22)2)14-17-5-7-18(20)8-6-17/h3-10,16H,11-14H2,1-2H3. The first-order chi connectivity index (χ1) is 10.6. The van der Waals surface area contributed by atoms with E-state index in [2.05, 4.69) is 60.0 Å². The molecule has 2 aromatic rings. The summed E-state index contributed by atoms with van der Waals surface area (Å²) in [5.41, 5.74) is 3.99. The van der Waals surface area contributed by atoms with Gasteiger partial charge in [-0.05, 0) is 43.7 Å². The van der Waals surface area contributed by atoms with Gasteiger partial charge >= 0.3 is 0 Å². The summed E-state index contributed by atoms with van der Waals surface area (Å²) in [4.78, 5) is 5.04. The molecule has 0 radical (unpaired) electrons. The highest BCUT2D eigenvalue weighted by Crippen LogP contribution is 2.22. The van der Waals surface area contributed by atoms with Gasteiger partial charge in [-0.2, -0.15) is 0 Å². The largest absolute Gasteiger partial charge is 0.366 e. The van der Waals surface area contributed by atoms with Crippen LogP contribution in [0.2, 0.25) is 5.02 Å². The summed E-state index contributed by atoms with van der Waals surface area (Å²) in [5, 5.41) is 0.807. The molecule has 0 aromatic heterocycles. The SMILES string of the molecule is Cc1ccc(N2CCN(Cc3ccc(Cl)cc3)CC2C)cc1. The van der Waals surface area contributed by atoms with Crippen LogP contribution in [0.4, 0.5) is 5.69 Å². The van der Waals surface area contributed by atoms with Gasteiger partial charge in [-0.1, -0.05) is 41.4 Å². The fourth-order valence-corrected chi connectivity index (χ4v) is 3.27. The molecule has 1 saturated heterocycles. The molecule has 2 aromatic carbocycles. The fourth-order valence-electron chi connectivity index (χ4n) is 3.14. The lowest BCUT2D eigenvalue weighted by atomic mass is 10.1. The minimum atomic E-state index is 0.531. The summed E-state index contributed by atoms with van der Waals surface area (Å²) in [5.74, 6) is 0. The molecule has 3 heteroatoms. The van der Waals surface area contributed by atoms with Crippen LogP contribution in [-0.2, 0) is 6.54 Å². The molecule has 0 N–H and O–H groups in total. The van der Waals surface area contributed by atoms with E-state index in [4.69, 9.17) is 11.6 Å². The molecule has 0 spiro atoms. The van der Waals surface area contributed by atoms with E-state index in [0.717, 1.165) is 31.2 Å². The molecular weight excluding hydrogens is 292 g/mol. The van der Waals surface area contributed by atoms with Crippen molar-refractivity contribution in [2.24, 2.45) is 0 Å². The predicted octanol–water partition coefficient (Wildman–Crippen LogP) is 4.36. The maximum absolute atomic E-state index is 5.96. The van der Waals surface area contributed by atoms with Gasteiger partial charge in [0, 0.05) is 42.9 Å². The van der Waals surface area contributed by atoms with E-state index >= 15 is 0 Å². The predicted molar refractivity (Wildman–Crippen MR) is 94.7 cm³/mol. The van der Waals surface area contributed by atoms with Crippen molar-refractivity contribution in [3.05, 3.63) is 64.7 Å². The van der Waals surface area contributed by atoms with E-state index in [9.17, 15) is 0 Å². The van der Waals surface area contributed by atoms with E-state index in [-0.39, 0.29) is 0 Å². The molecule has 22 heavy (non-hydrogen) atoms. The molecule has 1 fully saturated rings. The van der Waals surface area contributed by atoms with Crippen molar-refractivity contribution in [1.29, 1.82) is 0 Å². The lowest BCUT2D eigenvalue weighted by molar-refractivity contribution is 0.221. The lowest BCUT2D eigenvalue weighted by Gasteiger charge is -2.41. The highest BCUT2D eigenvalue weighted by molar-refractivity contribution is 6.30. The first-order valence-electron chi connectivity index (χ1n) is 7.92. The second kappa shape index (κ2) is 6.72. The van der Waals surface area contributed by atoms with Crippen molar-refractivity contribution in [2.45, 2.75) is 26.4 Å². The number of piperazine rings is 1.